The Kier molecular flexibility index (Phi) is 10.7. The molecule has 21 heavy (non-hydrogen) atoms. The lowest BCUT2D eigenvalue weighted by molar-refractivity contribution is -0.143. The summed E-state index contributed by atoms with van der Waals surface area (Å²) in [7, 11) is -1.75. The molecule has 4 nitrogen and oxygen atoms in total. The van der Waals surface area contributed by atoms with Gasteiger partial charge in [-0.3, -0.25) is 4.79 Å². The molecule has 0 aromatic heterocycles. The van der Waals surface area contributed by atoms with Gasteiger partial charge < -0.3 is 10.2 Å². The summed E-state index contributed by atoms with van der Waals surface area (Å²) >= 11 is 0. The molecule has 0 spiro atoms. The van der Waals surface area contributed by atoms with E-state index in [0.717, 1.165) is 57.0 Å². The Labute approximate surface area is 129 Å². The molecular formula is C16H32O4P+. The Morgan fingerprint density at radius 1 is 0.857 bits per heavy atom. The fraction of sp³-hybridized carbons (Fsp3) is 0.875. The topological polar surface area (TPSA) is 74.6 Å². The van der Waals surface area contributed by atoms with E-state index in [1.165, 1.54) is 0 Å². The average Bonchev–Trinajstić information content (AvgIpc) is 2.44. The zero-order chi connectivity index (χ0) is 16.3. The first kappa shape index (κ1) is 20.4. The molecule has 0 saturated carbocycles. The molecule has 0 aromatic carbocycles. The first-order valence-electron chi connectivity index (χ1n) is 8.23. The standard InChI is InChI=1S/C16H31O4P/c1-4-7-10-21(11-8-5-2,12-9-6-3)14(16(19)20)13-15(17)18/h14H,4-13H2,1-3H3,(H-,17,18,19,20)/p+1. The predicted octanol–water partition coefficient (Wildman–Crippen LogP) is 4.33. The lowest BCUT2D eigenvalue weighted by Gasteiger charge is -2.32. The van der Waals surface area contributed by atoms with Crippen molar-refractivity contribution in [1.82, 2.24) is 0 Å². The number of carbonyl (C=O) groups is 2. The molecule has 0 heterocycles. The summed E-state index contributed by atoms with van der Waals surface area (Å²) in [5, 5.41) is 18.7. The van der Waals surface area contributed by atoms with Crippen molar-refractivity contribution >= 4 is 19.2 Å². The van der Waals surface area contributed by atoms with Crippen LogP contribution in [0, 0.1) is 0 Å². The number of hydrogen-bond donors (Lipinski definition) is 2. The Bertz CT molecular complexity index is 296. The molecule has 0 aliphatic rings. The minimum Gasteiger partial charge on any atom is -0.481 e. The number of rotatable bonds is 13. The molecule has 0 saturated heterocycles. The van der Waals surface area contributed by atoms with Gasteiger partial charge in [-0.2, -0.15) is 0 Å². The normalized spacial score (nSPS) is 13.1. The third-order valence-corrected chi connectivity index (χ3v) is 9.53. The van der Waals surface area contributed by atoms with Crippen LogP contribution in [0.1, 0.15) is 65.7 Å². The van der Waals surface area contributed by atoms with Crippen LogP contribution in [0.3, 0.4) is 0 Å². The summed E-state index contributed by atoms with van der Waals surface area (Å²) in [6.07, 6.45) is 8.79. The van der Waals surface area contributed by atoms with Gasteiger partial charge in [0.1, 0.15) is 0 Å². The smallest absolute Gasteiger partial charge is 0.345 e. The van der Waals surface area contributed by atoms with Crippen molar-refractivity contribution < 1.29 is 19.8 Å². The van der Waals surface area contributed by atoms with Crippen molar-refractivity contribution in [1.29, 1.82) is 0 Å². The molecule has 1 unspecified atom stereocenters. The highest BCUT2D eigenvalue weighted by molar-refractivity contribution is 7.77. The minimum atomic E-state index is -1.75. The first-order chi connectivity index (χ1) is 9.93. The van der Waals surface area contributed by atoms with E-state index < -0.39 is 24.9 Å². The van der Waals surface area contributed by atoms with Gasteiger partial charge in [-0.1, -0.05) is 40.0 Å². The van der Waals surface area contributed by atoms with Crippen molar-refractivity contribution in [2.75, 3.05) is 18.5 Å². The van der Waals surface area contributed by atoms with Crippen molar-refractivity contribution in [3.05, 3.63) is 0 Å². The zero-order valence-corrected chi connectivity index (χ0v) is 14.7. The van der Waals surface area contributed by atoms with Gasteiger partial charge in [0.05, 0.1) is 24.9 Å². The lowest BCUT2D eigenvalue weighted by Crippen LogP contribution is -2.32. The molecule has 0 aliphatic carbocycles. The van der Waals surface area contributed by atoms with E-state index in [-0.39, 0.29) is 6.42 Å². The molecule has 0 aromatic rings. The van der Waals surface area contributed by atoms with Gasteiger partial charge in [0.15, 0.2) is 5.66 Å². The van der Waals surface area contributed by atoms with Gasteiger partial charge in [-0.25, -0.2) is 4.79 Å². The van der Waals surface area contributed by atoms with Crippen molar-refractivity contribution in [2.24, 2.45) is 0 Å². The summed E-state index contributed by atoms with van der Waals surface area (Å²) in [5.74, 6) is -1.87. The van der Waals surface area contributed by atoms with Gasteiger partial charge in [0.2, 0.25) is 0 Å². The van der Waals surface area contributed by atoms with Crippen LogP contribution in [-0.4, -0.2) is 46.3 Å². The molecule has 2 N–H and O–H groups in total. The molecule has 0 bridgehead atoms. The molecular weight excluding hydrogens is 287 g/mol. The molecule has 5 heteroatoms. The maximum absolute atomic E-state index is 11.7. The molecule has 0 aliphatic heterocycles. The SMILES string of the molecule is CCCC[P+](CCCC)(CCCC)C(CC(=O)O)C(=O)O. The minimum absolute atomic E-state index is 0.208. The predicted molar refractivity (Wildman–Crippen MR) is 89.9 cm³/mol. The zero-order valence-electron chi connectivity index (χ0n) is 13.8. The maximum atomic E-state index is 11.7. The van der Waals surface area contributed by atoms with Crippen LogP contribution in [0.4, 0.5) is 0 Å². The van der Waals surface area contributed by atoms with Crippen LogP contribution >= 0.6 is 7.26 Å². The van der Waals surface area contributed by atoms with E-state index in [9.17, 15) is 14.7 Å². The van der Waals surface area contributed by atoms with Crippen LogP contribution in [-0.2, 0) is 9.59 Å². The van der Waals surface area contributed by atoms with Crippen LogP contribution in [0.15, 0.2) is 0 Å². The van der Waals surface area contributed by atoms with Gasteiger partial charge in [0, 0.05) is 7.26 Å². The molecule has 0 rings (SSSR count). The summed E-state index contributed by atoms with van der Waals surface area (Å²) in [6.45, 7) is 6.34. The summed E-state index contributed by atoms with van der Waals surface area (Å²) in [5.41, 5.74) is -0.653. The Morgan fingerprint density at radius 3 is 1.48 bits per heavy atom. The Morgan fingerprint density at radius 2 is 1.24 bits per heavy atom. The van der Waals surface area contributed by atoms with E-state index in [2.05, 4.69) is 20.8 Å². The molecule has 0 fully saturated rings. The second-order valence-corrected chi connectivity index (χ2v) is 10.3. The summed E-state index contributed by atoms with van der Waals surface area (Å²) in [4.78, 5) is 22.9. The number of carboxylic acid groups (broad SMARTS) is 2. The second-order valence-electron chi connectivity index (χ2n) is 5.90. The molecule has 1 atom stereocenters. The van der Waals surface area contributed by atoms with Crippen LogP contribution in [0.25, 0.3) is 0 Å². The fourth-order valence-corrected chi connectivity index (χ4v) is 8.36. The van der Waals surface area contributed by atoms with Crippen LogP contribution in [0.2, 0.25) is 0 Å². The van der Waals surface area contributed by atoms with E-state index in [1.807, 2.05) is 0 Å². The highest BCUT2D eigenvalue weighted by atomic mass is 31.2. The fourth-order valence-electron chi connectivity index (χ4n) is 2.90. The van der Waals surface area contributed by atoms with Crippen molar-refractivity contribution in [3.63, 3.8) is 0 Å². The van der Waals surface area contributed by atoms with E-state index >= 15 is 0 Å². The monoisotopic (exact) mass is 319 g/mol. The van der Waals surface area contributed by atoms with E-state index in [4.69, 9.17) is 5.11 Å². The molecule has 124 valence electrons. The highest BCUT2D eigenvalue weighted by Gasteiger charge is 2.49. The maximum Gasteiger partial charge on any atom is 0.345 e. The third kappa shape index (κ3) is 7.26. The molecule has 0 radical (unpaired) electrons. The van der Waals surface area contributed by atoms with Gasteiger partial charge >= 0.3 is 11.9 Å². The Balaban J connectivity index is 5.39. The number of aliphatic carboxylic acids is 2. The summed E-state index contributed by atoms with van der Waals surface area (Å²) in [6, 6.07) is 0. The van der Waals surface area contributed by atoms with Gasteiger partial charge in [0.25, 0.3) is 0 Å². The first-order valence-corrected chi connectivity index (χ1v) is 10.6. The Hall–Kier alpha value is -0.630. The highest BCUT2D eigenvalue weighted by Crippen LogP contribution is 2.65. The third-order valence-electron chi connectivity index (χ3n) is 4.19. The van der Waals surface area contributed by atoms with Crippen LogP contribution < -0.4 is 0 Å². The molecule has 0 amide bonds. The van der Waals surface area contributed by atoms with Crippen molar-refractivity contribution in [2.45, 2.75) is 71.4 Å². The number of unbranched alkanes of at least 4 members (excludes halogenated alkanes) is 3. The van der Waals surface area contributed by atoms with Crippen LogP contribution in [0.5, 0.6) is 0 Å². The lowest BCUT2D eigenvalue weighted by atomic mass is 10.3. The summed E-state index contributed by atoms with van der Waals surface area (Å²) < 4.78 is 0. The van der Waals surface area contributed by atoms with Crippen molar-refractivity contribution in [3.8, 4) is 0 Å². The average molecular weight is 319 g/mol. The van der Waals surface area contributed by atoms with E-state index in [1.54, 1.807) is 0 Å². The largest absolute Gasteiger partial charge is 0.481 e. The van der Waals surface area contributed by atoms with Gasteiger partial charge in [-0.15, -0.1) is 0 Å². The number of carboxylic acids is 2. The second kappa shape index (κ2) is 11.0. The quantitative estimate of drug-likeness (QED) is 0.495. The van der Waals surface area contributed by atoms with E-state index in [0.29, 0.717) is 0 Å². The van der Waals surface area contributed by atoms with Gasteiger partial charge in [-0.05, 0) is 19.3 Å². The number of hydrogen-bond acceptors (Lipinski definition) is 2.